The van der Waals surface area contributed by atoms with E-state index in [0.717, 1.165) is 18.2 Å². The van der Waals surface area contributed by atoms with Crippen molar-refractivity contribution in [1.82, 2.24) is 10.2 Å². The molecule has 0 radical (unpaired) electrons. The molecule has 1 N–H and O–H groups in total. The number of carbonyl (C=O) groups excluding carboxylic acids is 2. The number of hydrogen-bond acceptors (Lipinski definition) is 3. The van der Waals surface area contributed by atoms with E-state index in [1.165, 1.54) is 11.3 Å². The van der Waals surface area contributed by atoms with Crippen LogP contribution in [-0.4, -0.2) is 35.8 Å². The first kappa shape index (κ1) is 19.7. The summed E-state index contributed by atoms with van der Waals surface area (Å²) in [4.78, 5) is 27.1. The number of likely N-dealkylation sites (tertiary alicyclic amines) is 1. The summed E-state index contributed by atoms with van der Waals surface area (Å²) >= 11 is 7.24. The summed E-state index contributed by atoms with van der Waals surface area (Å²) in [7, 11) is 0. The van der Waals surface area contributed by atoms with Crippen molar-refractivity contribution in [3.8, 4) is 0 Å². The number of nitrogens with zero attached hydrogens (tertiary/aromatic N) is 1. The molecule has 0 atom stereocenters. The highest BCUT2D eigenvalue weighted by atomic mass is 35.5. The van der Waals surface area contributed by atoms with E-state index in [1.807, 2.05) is 11.4 Å². The number of alkyl halides is 3. The third-order valence-electron chi connectivity index (χ3n) is 4.39. The molecule has 0 unspecified atom stereocenters. The first-order chi connectivity index (χ1) is 12.8. The van der Waals surface area contributed by atoms with Crippen LogP contribution in [0.25, 0.3) is 0 Å². The molecule has 1 aliphatic rings. The molecule has 3 rings (SSSR count). The van der Waals surface area contributed by atoms with Gasteiger partial charge in [0.2, 0.25) is 0 Å². The molecule has 0 saturated carbocycles. The minimum Gasteiger partial charge on any atom is -0.349 e. The maximum Gasteiger partial charge on any atom is 0.416 e. The van der Waals surface area contributed by atoms with Gasteiger partial charge in [-0.2, -0.15) is 13.2 Å². The van der Waals surface area contributed by atoms with Crippen LogP contribution in [0.4, 0.5) is 13.2 Å². The maximum absolute atomic E-state index is 12.7. The summed E-state index contributed by atoms with van der Waals surface area (Å²) in [5.41, 5.74) is -0.897. The molecule has 144 valence electrons. The van der Waals surface area contributed by atoms with Crippen LogP contribution in [0.5, 0.6) is 0 Å². The second-order valence-corrected chi connectivity index (χ2v) is 7.56. The Hall–Kier alpha value is -2.06. The van der Waals surface area contributed by atoms with Crippen LogP contribution in [0.15, 0.2) is 35.7 Å². The van der Waals surface area contributed by atoms with E-state index in [-0.39, 0.29) is 22.5 Å². The number of nitrogens with one attached hydrogen (secondary N) is 1. The average molecular weight is 417 g/mol. The first-order valence-electron chi connectivity index (χ1n) is 8.26. The molecule has 2 amide bonds. The molecule has 1 aromatic heterocycles. The average Bonchev–Trinajstić information content (AvgIpc) is 3.15. The molecule has 27 heavy (non-hydrogen) atoms. The smallest absolute Gasteiger partial charge is 0.349 e. The van der Waals surface area contributed by atoms with Crippen molar-refractivity contribution < 1.29 is 22.8 Å². The summed E-state index contributed by atoms with van der Waals surface area (Å²) in [6.07, 6.45) is -3.37. The van der Waals surface area contributed by atoms with Crippen LogP contribution >= 0.6 is 22.9 Å². The zero-order chi connectivity index (χ0) is 19.6. The quantitative estimate of drug-likeness (QED) is 0.803. The molecule has 1 saturated heterocycles. The van der Waals surface area contributed by atoms with Gasteiger partial charge in [-0.1, -0.05) is 17.7 Å². The highest BCUT2D eigenvalue weighted by molar-refractivity contribution is 7.12. The molecule has 0 bridgehead atoms. The van der Waals surface area contributed by atoms with Crippen molar-refractivity contribution in [2.75, 3.05) is 13.1 Å². The van der Waals surface area contributed by atoms with Gasteiger partial charge in [0.1, 0.15) is 0 Å². The molecule has 1 aromatic carbocycles. The van der Waals surface area contributed by atoms with Gasteiger partial charge in [-0.15, -0.1) is 11.3 Å². The number of rotatable bonds is 3. The van der Waals surface area contributed by atoms with E-state index in [9.17, 15) is 22.8 Å². The Labute approximate surface area is 162 Å². The number of amides is 2. The summed E-state index contributed by atoms with van der Waals surface area (Å²) in [6, 6.07) is 6.09. The number of halogens is 4. The summed E-state index contributed by atoms with van der Waals surface area (Å²) < 4.78 is 38.1. The third kappa shape index (κ3) is 4.62. The predicted octanol–water partition coefficient (Wildman–Crippen LogP) is 4.45. The summed E-state index contributed by atoms with van der Waals surface area (Å²) in [5, 5.41) is 4.39. The van der Waals surface area contributed by atoms with Gasteiger partial charge >= 0.3 is 6.18 Å². The molecule has 4 nitrogen and oxygen atoms in total. The molecule has 0 aliphatic carbocycles. The Morgan fingerprint density at radius 3 is 2.44 bits per heavy atom. The zero-order valence-corrected chi connectivity index (χ0v) is 15.6. The fourth-order valence-electron chi connectivity index (χ4n) is 2.92. The highest BCUT2D eigenvalue weighted by Gasteiger charge is 2.32. The first-order valence-corrected chi connectivity index (χ1v) is 9.52. The van der Waals surface area contributed by atoms with Gasteiger partial charge in [-0.05, 0) is 42.5 Å². The van der Waals surface area contributed by atoms with Gasteiger partial charge in [0.05, 0.1) is 21.0 Å². The van der Waals surface area contributed by atoms with E-state index in [2.05, 4.69) is 5.32 Å². The van der Waals surface area contributed by atoms with Gasteiger partial charge in [-0.3, -0.25) is 9.59 Å². The fourth-order valence-corrected chi connectivity index (χ4v) is 3.88. The number of piperidine rings is 1. The predicted molar refractivity (Wildman–Crippen MR) is 97.2 cm³/mol. The number of thiophene rings is 1. The molecular formula is C18H16ClF3N2O2S. The standard InChI is InChI=1S/C18H16ClF3N2O2S/c19-14-10-11(18(20,21)22)3-4-13(14)16(25)23-12-5-7-24(8-6-12)17(26)15-2-1-9-27-15/h1-4,9-10,12H,5-8H2,(H,23,25). The molecule has 9 heteroatoms. The molecular weight excluding hydrogens is 401 g/mol. The third-order valence-corrected chi connectivity index (χ3v) is 5.56. The van der Waals surface area contributed by atoms with E-state index in [0.29, 0.717) is 30.8 Å². The van der Waals surface area contributed by atoms with Crippen LogP contribution in [-0.2, 0) is 6.18 Å². The SMILES string of the molecule is O=C(NC1CCN(C(=O)c2cccs2)CC1)c1ccc(C(F)(F)F)cc1Cl. The van der Waals surface area contributed by atoms with E-state index < -0.39 is 17.6 Å². The molecule has 2 aromatic rings. The van der Waals surface area contributed by atoms with Gasteiger partial charge in [0.15, 0.2) is 0 Å². The lowest BCUT2D eigenvalue weighted by Gasteiger charge is -2.32. The fraction of sp³-hybridized carbons (Fsp3) is 0.333. The highest BCUT2D eigenvalue weighted by Crippen LogP contribution is 2.32. The van der Waals surface area contributed by atoms with Gasteiger partial charge < -0.3 is 10.2 Å². The Morgan fingerprint density at radius 2 is 1.89 bits per heavy atom. The van der Waals surface area contributed by atoms with Crippen LogP contribution < -0.4 is 5.32 Å². The zero-order valence-electron chi connectivity index (χ0n) is 14.1. The largest absolute Gasteiger partial charge is 0.416 e. The Kier molecular flexibility index (Phi) is 5.76. The van der Waals surface area contributed by atoms with Crippen LogP contribution in [0, 0.1) is 0 Å². The van der Waals surface area contributed by atoms with Crippen molar-refractivity contribution in [2.24, 2.45) is 0 Å². The van der Waals surface area contributed by atoms with Crippen LogP contribution in [0.1, 0.15) is 38.4 Å². The lowest BCUT2D eigenvalue weighted by atomic mass is 10.0. The van der Waals surface area contributed by atoms with Crippen molar-refractivity contribution in [3.63, 3.8) is 0 Å². The van der Waals surface area contributed by atoms with Crippen molar-refractivity contribution in [3.05, 3.63) is 56.7 Å². The van der Waals surface area contributed by atoms with Crippen molar-refractivity contribution in [1.29, 1.82) is 0 Å². The molecule has 2 heterocycles. The monoisotopic (exact) mass is 416 g/mol. The lowest BCUT2D eigenvalue weighted by Crippen LogP contribution is -2.46. The number of hydrogen-bond donors (Lipinski definition) is 1. The van der Waals surface area contributed by atoms with Crippen molar-refractivity contribution >= 4 is 34.8 Å². The van der Waals surface area contributed by atoms with Gasteiger partial charge in [-0.25, -0.2) is 0 Å². The van der Waals surface area contributed by atoms with Gasteiger partial charge in [0.25, 0.3) is 11.8 Å². The van der Waals surface area contributed by atoms with E-state index in [1.54, 1.807) is 11.0 Å². The topological polar surface area (TPSA) is 49.4 Å². The Morgan fingerprint density at radius 1 is 1.19 bits per heavy atom. The molecule has 1 fully saturated rings. The summed E-state index contributed by atoms with van der Waals surface area (Å²) in [6.45, 7) is 1.00. The second-order valence-electron chi connectivity index (χ2n) is 6.21. The Bertz CT molecular complexity index is 832. The maximum atomic E-state index is 12.7. The van der Waals surface area contributed by atoms with Gasteiger partial charge in [0, 0.05) is 19.1 Å². The molecule has 0 spiro atoms. The summed E-state index contributed by atoms with van der Waals surface area (Å²) in [5.74, 6) is -0.544. The number of carbonyl (C=O) groups is 2. The van der Waals surface area contributed by atoms with Crippen LogP contribution in [0.2, 0.25) is 5.02 Å². The van der Waals surface area contributed by atoms with E-state index >= 15 is 0 Å². The molecule has 1 aliphatic heterocycles. The second kappa shape index (κ2) is 7.90. The van der Waals surface area contributed by atoms with E-state index in [4.69, 9.17) is 11.6 Å². The lowest BCUT2D eigenvalue weighted by molar-refractivity contribution is -0.137. The Balaban J connectivity index is 1.57. The van der Waals surface area contributed by atoms with Crippen LogP contribution in [0.3, 0.4) is 0 Å². The van der Waals surface area contributed by atoms with Crippen molar-refractivity contribution in [2.45, 2.75) is 25.1 Å². The minimum atomic E-state index is -4.51. The normalized spacial score (nSPS) is 15.6. The minimum absolute atomic E-state index is 0.00163. The number of benzene rings is 1.